The molecule has 0 N–H and O–H groups in total. The summed E-state index contributed by atoms with van der Waals surface area (Å²) in [4.78, 5) is 16.6. The molecule has 5 heteroatoms. The molecule has 5 nitrogen and oxygen atoms in total. The molecule has 19 heavy (non-hydrogen) atoms. The Kier molecular flexibility index (Phi) is 5.07. The summed E-state index contributed by atoms with van der Waals surface area (Å²) < 4.78 is 7.24. The van der Waals surface area contributed by atoms with Gasteiger partial charge in [0.1, 0.15) is 18.3 Å². The maximum Gasteiger partial charge on any atom is 0.169 e. The molecule has 1 fully saturated rings. The highest BCUT2D eigenvalue weighted by Crippen LogP contribution is 2.28. The molecule has 1 unspecified atom stereocenters. The number of hydrogen-bond donors (Lipinski definition) is 0. The molecule has 1 aliphatic rings. The lowest BCUT2D eigenvalue weighted by molar-refractivity contribution is -0.132. The maximum absolute atomic E-state index is 12.4. The lowest BCUT2D eigenvalue weighted by atomic mass is 9.83. The second-order valence-corrected chi connectivity index (χ2v) is 5.19. The van der Waals surface area contributed by atoms with Gasteiger partial charge in [0.25, 0.3) is 0 Å². The van der Waals surface area contributed by atoms with E-state index in [9.17, 15) is 4.79 Å². The second-order valence-electron chi connectivity index (χ2n) is 5.19. The minimum absolute atomic E-state index is 0.136. The molecule has 1 saturated carbocycles. The molecular weight excluding hydrogens is 242 g/mol. The Labute approximate surface area is 114 Å². The number of rotatable bonds is 6. The maximum atomic E-state index is 12.4. The van der Waals surface area contributed by atoms with Crippen molar-refractivity contribution in [1.29, 1.82) is 0 Å². The molecule has 0 amide bonds. The predicted molar refractivity (Wildman–Crippen MR) is 71.8 cm³/mol. The van der Waals surface area contributed by atoms with E-state index in [2.05, 4.69) is 10.1 Å². The number of methoxy groups -OCH3 is 1. The van der Waals surface area contributed by atoms with Crippen molar-refractivity contribution in [3.8, 4) is 0 Å². The van der Waals surface area contributed by atoms with Gasteiger partial charge in [0.15, 0.2) is 5.78 Å². The summed E-state index contributed by atoms with van der Waals surface area (Å²) in [6.45, 7) is 2.74. The van der Waals surface area contributed by atoms with E-state index in [0.717, 1.165) is 25.2 Å². The van der Waals surface area contributed by atoms with Crippen LogP contribution in [0.2, 0.25) is 0 Å². The summed E-state index contributed by atoms with van der Waals surface area (Å²) in [6.07, 6.45) is 7.46. The van der Waals surface area contributed by atoms with E-state index in [-0.39, 0.29) is 11.9 Å². The monoisotopic (exact) mass is 265 g/mol. The van der Waals surface area contributed by atoms with Crippen LogP contribution >= 0.6 is 0 Å². The standard InChI is InChI=1S/C14H23N3O2/c1-3-17-13(15-10-16-17)9-12(18)14(19-2)11-7-5-4-6-8-11/h10-11,14H,3-9H2,1-2H3. The van der Waals surface area contributed by atoms with Crippen LogP contribution in [-0.4, -0.2) is 33.8 Å². The van der Waals surface area contributed by atoms with Gasteiger partial charge in [-0.25, -0.2) is 9.67 Å². The lowest BCUT2D eigenvalue weighted by Gasteiger charge is -2.28. The van der Waals surface area contributed by atoms with Crippen LogP contribution in [0.3, 0.4) is 0 Å². The van der Waals surface area contributed by atoms with Crippen molar-refractivity contribution in [1.82, 2.24) is 14.8 Å². The van der Waals surface area contributed by atoms with Gasteiger partial charge in [0.2, 0.25) is 0 Å². The van der Waals surface area contributed by atoms with Gasteiger partial charge in [-0.15, -0.1) is 0 Å². The average Bonchev–Trinajstić information content (AvgIpc) is 2.88. The number of carbonyl (C=O) groups excluding carboxylic acids is 1. The van der Waals surface area contributed by atoms with Crippen molar-refractivity contribution in [3.05, 3.63) is 12.2 Å². The number of hydrogen-bond acceptors (Lipinski definition) is 4. The van der Waals surface area contributed by atoms with Crippen LogP contribution in [0.15, 0.2) is 6.33 Å². The zero-order valence-corrected chi connectivity index (χ0v) is 11.8. The summed E-state index contributed by atoms with van der Waals surface area (Å²) in [5, 5.41) is 4.10. The summed E-state index contributed by atoms with van der Waals surface area (Å²) in [5.74, 6) is 1.26. The zero-order valence-electron chi connectivity index (χ0n) is 11.8. The van der Waals surface area contributed by atoms with Gasteiger partial charge in [-0.05, 0) is 25.7 Å². The highest BCUT2D eigenvalue weighted by Gasteiger charge is 2.30. The number of ether oxygens (including phenoxy) is 1. The lowest BCUT2D eigenvalue weighted by Crippen LogP contribution is -2.34. The quantitative estimate of drug-likeness (QED) is 0.789. The molecule has 1 aromatic heterocycles. The molecule has 1 atom stereocenters. The normalized spacial score (nSPS) is 18.4. The first kappa shape index (κ1) is 14.2. The minimum atomic E-state index is -0.276. The Morgan fingerprint density at radius 1 is 1.47 bits per heavy atom. The average molecular weight is 265 g/mol. The summed E-state index contributed by atoms with van der Waals surface area (Å²) >= 11 is 0. The largest absolute Gasteiger partial charge is 0.373 e. The van der Waals surface area contributed by atoms with E-state index in [1.165, 1.54) is 25.6 Å². The Hall–Kier alpha value is -1.23. The Morgan fingerprint density at radius 2 is 2.21 bits per heavy atom. The number of Topliss-reactive ketones (excluding diaryl/α,β-unsaturated/α-hetero) is 1. The second kappa shape index (κ2) is 6.80. The highest BCUT2D eigenvalue weighted by molar-refractivity contribution is 5.84. The van der Waals surface area contributed by atoms with E-state index in [1.807, 2.05) is 6.92 Å². The highest BCUT2D eigenvalue weighted by atomic mass is 16.5. The zero-order chi connectivity index (χ0) is 13.7. The Bertz CT molecular complexity index is 411. The topological polar surface area (TPSA) is 57.0 Å². The van der Waals surface area contributed by atoms with Crippen LogP contribution in [0, 0.1) is 5.92 Å². The summed E-state index contributed by atoms with van der Waals surface area (Å²) in [5.41, 5.74) is 0. The molecule has 0 aromatic carbocycles. The molecule has 0 spiro atoms. The Balaban J connectivity index is 2.00. The molecule has 1 heterocycles. The van der Waals surface area contributed by atoms with Crippen LogP contribution in [-0.2, 0) is 22.5 Å². The summed E-state index contributed by atoms with van der Waals surface area (Å²) in [6, 6.07) is 0. The van der Waals surface area contributed by atoms with Crippen LogP contribution in [0.1, 0.15) is 44.9 Å². The first-order valence-electron chi connectivity index (χ1n) is 7.18. The van der Waals surface area contributed by atoms with Crippen LogP contribution in [0.4, 0.5) is 0 Å². The van der Waals surface area contributed by atoms with Gasteiger partial charge in [-0.3, -0.25) is 4.79 Å². The van der Waals surface area contributed by atoms with Gasteiger partial charge in [-0.1, -0.05) is 19.3 Å². The first-order valence-corrected chi connectivity index (χ1v) is 7.18. The first-order chi connectivity index (χ1) is 9.26. The van der Waals surface area contributed by atoms with Gasteiger partial charge in [-0.2, -0.15) is 5.10 Å². The molecule has 0 saturated heterocycles. The molecule has 0 aliphatic heterocycles. The van der Waals surface area contributed by atoms with Gasteiger partial charge in [0.05, 0.1) is 6.42 Å². The smallest absolute Gasteiger partial charge is 0.169 e. The van der Waals surface area contributed by atoms with Crippen LogP contribution < -0.4 is 0 Å². The van der Waals surface area contributed by atoms with Crippen molar-refractivity contribution in [3.63, 3.8) is 0 Å². The van der Waals surface area contributed by atoms with Gasteiger partial charge < -0.3 is 4.74 Å². The van der Waals surface area contributed by atoms with Crippen molar-refractivity contribution in [2.75, 3.05) is 7.11 Å². The van der Waals surface area contributed by atoms with Crippen molar-refractivity contribution < 1.29 is 9.53 Å². The molecule has 1 aromatic rings. The SMILES string of the molecule is CCn1ncnc1CC(=O)C(OC)C1CCCCC1. The fourth-order valence-corrected chi connectivity index (χ4v) is 2.97. The predicted octanol–water partition coefficient (Wildman–Crippen LogP) is 2.00. The number of aromatic nitrogens is 3. The molecule has 2 rings (SSSR count). The number of aryl methyl sites for hydroxylation is 1. The van der Waals surface area contributed by atoms with Gasteiger partial charge >= 0.3 is 0 Å². The van der Waals surface area contributed by atoms with Crippen molar-refractivity contribution in [2.24, 2.45) is 5.92 Å². The molecule has 106 valence electrons. The van der Waals surface area contributed by atoms with Gasteiger partial charge in [0, 0.05) is 13.7 Å². The van der Waals surface area contributed by atoms with Crippen molar-refractivity contribution >= 4 is 5.78 Å². The molecular formula is C14H23N3O2. The van der Waals surface area contributed by atoms with E-state index in [1.54, 1.807) is 11.8 Å². The summed E-state index contributed by atoms with van der Waals surface area (Å²) in [7, 11) is 1.64. The Morgan fingerprint density at radius 3 is 2.84 bits per heavy atom. The fraction of sp³-hybridized carbons (Fsp3) is 0.786. The number of nitrogens with zero attached hydrogens (tertiary/aromatic N) is 3. The molecule has 0 bridgehead atoms. The third-order valence-corrected chi connectivity index (χ3v) is 3.98. The van der Waals surface area contributed by atoms with E-state index >= 15 is 0 Å². The third kappa shape index (κ3) is 3.41. The van der Waals surface area contributed by atoms with Crippen LogP contribution in [0.25, 0.3) is 0 Å². The van der Waals surface area contributed by atoms with E-state index in [0.29, 0.717) is 12.3 Å². The van der Waals surface area contributed by atoms with Crippen LogP contribution in [0.5, 0.6) is 0 Å². The van der Waals surface area contributed by atoms with Crippen molar-refractivity contribution in [2.45, 2.75) is 58.1 Å². The van der Waals surface area contributed by atoms with E-state index < -0.39 is 0 Å². The third-order valence-electron chi connectivity index (χ3n) is 3.98. The molecule has 0 radical (unpaired) electrons. The fourth-order valence-electron chi connectivity index (χ4n) is 2.97. The van der Waals surface area contributed by atoms with E-state index in [4.69, 9.17) is 4.74 Å². The molecule has 1 aliphatic carbocycles. The number of carbonyl (C=O) groups is 1. The number of ketones is 1. The minimum Gasteiger partial charge on any atom is -0.373 e.